The Kier molecular flexibility index (Phi) is 3.62. The van der Waals surface area contributed by atoms with E-state index in [9.17, 15) is 4.79 Å². The topological polar surface area (TPSA) is 40.9 Å². The highest BCUT2D eigenvalue weighted by molar-refractivity contribution is 5.87. The van der Waals surface area contributed by atoms with Gasteiger partial charge in [0.05, 0.1) is 11.5 Å². The molecule has 0 bridgehead atoms. The lowest BCUT2D eigenvalue weighted by Gasteiger charge is -2.26. The fourth-order valence-electron chi connectivity index (χ4n) is 1.64. The first-order valence-electron chi connectivity index (χ1n) is 5.05. The van der Waals surface area contributed by atoms with Crippen LogP contribution in [0.25, 0.3) is 0 Å². The van der Waals surface area contributed by atoms with Crippen LogP contribution in [0.15, 0.2) is 30.3 Å². The van der Waals surface area contributed by atoms with Crippen LogP contribution >= 0.6 is 0 Å². The summed E-state index contributed by atoms with van der Waals surface area (Å²) in [5.41, 5.74) is 0.476. The van der Waals surface area contributed by atoms with E-state index >= 15 is 0 Å². The summed E-state index contributed by atoms with van der Waals surface area (Å²) >= 11 is 0. The molecule has 2 heteroatoms. The van der Waals surface area contributed by atoms with Gasteiger partial charge in [0.2, 0.25) is 0 Å². The zero-order valence-corrected chi connectivity index (χ0v) is 9.16. The van der Waals surface area contributed by atoms with Gasteiger partial charge in [-0.2, -0.15) is 5.26 Å². The molecule has 1 rings (SSSR count). The summed E-state index contributed by atoms with van der Waals surface area (Å²) in [7, 11) is 0. The monoisotopic (exact) mass is 201 g/mol. The first-order chi connectivity index (χ1) is 7.11. The second-order valence-electron chi connectivity index (χ2n) is 3.91. The van der Waals surface area contributed by atoms with E-state index in [0.29, 0.717) is 12.8 Å². The normalized spacial score (nSPS) is 13.9. The van der Waals surface area contributed by atoms with Gasteiger partial charge in [0, 0.05) is 6.42 Å². The average molecular weight is 201 g/mol. The van der Waals surface area contributed by atoms with Crippen molar-refractivity contribution in [3.8, 4) is 6.07 Å². The van der Waals surface area contributed by atoms with E-state index < -0.39 is 5.41 Å². The molecule has 0 saturated carbocycles. The molecule has 0 aliphatic heterocycles. The number of carbonyl (C=O) groups is 1. The van der Waals surface area contributed by atoms with Crippen molar-refractivity contribution in [3.05, 3.63) is 35.9 Å². The van der Waals surface area contributed by atoms with Gasteiger partial charge in [0.15, 0.2) is 0 Å². The molecule has 0 saturated heterocycles. The molecule has 0 radical (unpaired) electrons. The molecule has 1 aromatic carbocycles. The number of benzene rings is 1. The molecule has 0 aromatic heterocycles. The average Bonchev–Trinajstić information content (AvgIpc) is 2.27. The van der Waals surface area contributed by atoms with Gasteiger partial charge in [0.1, 0.15) is 5.78 Å². The van der Waals surface area contributed by atoms with Crippen LogP contribution in [-0.4, -0.2) is 5.78 Å². The maximum Gasteiger partial charge on any atom is 0.140 e. The third-order valence-electron chi connectivity index (χ3n) is 2.92. The van der Waals surface area contributed by atoms with E-state index in [4.69, 9.17) is 5.26 Å². The molecular weight excluding hydrogens is 186 g/mol. The summed E-state index contributed by atoms with van der Waals surface area (Å²) in [6.45, 7) is 3.49. The van der Waals surface area contributed by atoms with Crippen molar-refractivity contribution < 1.29 is 4.79 Å². The van der Waals surface area contributed by atoms with Gasteiger partial charge >= 0.3 is 0 Å². The summed E-state index contributed by atoms with van der Waals surface area (Å²) in [4.78, 5) is 11.7. The van der Waals surface area contributed by atoms with Crippen molar-refractivity contribution in [1.82, 2.24) is 0 Å². The van der Waals surface area contributed by atoms with Gasteiger partial charge in [-0.15, -0.1) is 0 Å². The quantitative estimate of drug-likeness (QED) is 0.751. The summed E-state index contributed by atoms with van der Waals surface area (Å²) in [5.74, 6) is 0.115. The smallest absolute Gasteiger partial charge is 0.140 e. The van der Waals surface area contributed by atoms with Crippen LogP contribution in [0.1, 0.15) is 32.3 Å². The van der Waals surface area contributed by atoms with Gasteiger partial charge in [-0.25, -0.2) is 0 Å². The molecule has 78 valence electrons. The van der Waals surface area contributed by atoms with Crippen molar-refractivity contribution in [2.45, 2.75) is 32.1 Å². The predicted molar refractivity (Wildman–Crippen MR) is 59.3 cm³/mol. The minimum atomic E-state index is -0.517. The number of Topliss-reactive ketones (excluding diaryl/α,β-unsaturated/α-hetero) is 1. The molecule has 0 amide bonds. The predicted octanol–water partition coefficient (Wildman–Crippen LogP) is 2.84. The molecule has 2 nitrogen and oxygen atoms in total. The lowest BCUT2D eigenvalue weighted by Crippen LogP contribution is -2.30. The lowest BCUT2D eigenvalue weighted by molar-refractivity contribution is -0.122. The Bertz CT molecular complexity index is 377. The molecule has 1 aromatic rings. The molecule has 0 N–H and O–H groups in total. The van der Waals surface area contributed by atoms with E-state index in [1.54, 1.807) is 6.92 Å². The number of nitriles is 1. The molecule has 15 heavy (non-hydrogen) atoms. The van der Waals surface area contributed by atoms with Crippen LogP contribution in [0.2, 0.25) is 0 Å². The molecular formula is C13H15NO. The van der Waals surface area contributed by atoms with Crippen LogP contribution in [0.4, 0.5) is 0 Å². The largest absolute Gasteiger partial charge is 0.299 e. The highest BCUT2D eigenvalue weighted by Crippen LogP contribution is 2.29. The number of rotatable bonds is 4. The molecule has 1 unspecified atom stereocenters. The Balaban J connectivity index is 3.03. The minimum absolute atomic E-state index is 0.115. The van der Waals surface area contributed by atoms with Crippen molar-refractivity contribution in [3.63, 3.8) is 0 Å². The van der Waals surface area contributed by atoms with Gasteiger partial charge in [0.25, 0.3) is 0 Å². The highest BCUT2D eigenvalue weighted by Gasteiger charge is 2.30. The van der Waals surface area contributed by atoms with E-state index in [1.165, 1.54) is 0 Å². The Morgan fingerprint density at radius 2 is 2.00 bits per heavy atom. The summed E-state index contributed by atoms with van der Waals surface area (Å²) in [6, 6.07) is 11.7. The summed E-state index contributed by atoms with van der Waals surface area (Å²) in [5, 5.41) is 8.60. The standard InChI is InChI=1S/C13H15NO/c1-11(15)13(2,9-6-10-14)12-7-4-3-5-8-12/h3-5,7-8H,6,9H2,1-2H3. The van der Waals surface area contributed by atoms with Crippen LogP contribution in [0.3, 0.4) is 0 Å². The number of carbonyl (C=O) groups excluding carboxylic acids is 1. The number of hydrogen-bond acceptors (Lipinski definition) is 2. The van der Waals surface area contributed by atoms with Gasteiger partial charge < -0.3 is 0 Å². The van der Waals surface area contributed by atoms with E-state index in [0.717, 1.165) is 5.56 Å². The Hall–Kier alpha value is -1.62. The molecule has 0 aliphatic rings. The van der Waals surface area contributed by atoms with Crippen LogP contribution < -0.4 is 0 Å². The second kappa shape index (κ2) is 4.75. The SMILES string of the molecule is CC(=O)C(C)(CCC#N)c1ccccc1. The minimum Gasteiger partial charge on any atom is -0.299 e. The first kappa shape index (κ1) is 11.5. The van der Waals surface area contributed by atoms with Crippen LogP contribution in [0, 0.1) is 11.3 Å². The van der Waals surface area contributed by atoms with E-state index in [2.05, 4.69) is 6.07 Å². The fraction of sp³-hybridized carbons (Fsp3) is 0.385. The van der Waals surface area contributed by atoms with Crippen molar-refractivity contribution >= 4 is 5.78 Å². The second-order valence-corrected chi connectivity index (χ2v) is 3.91. The molecule has 1 atom stereocenters. The first-order valence-corrected chi connectivity index (χ1v) is 5.05. The van der Waals surface area contributed by atoms with E-state index in [1.807, 2.05) is 37.3 Å². The highest BCUT2D eigenvalue weighted by atomic mass is 16.1. The fourth-order valence-corrected chi connectivity index (χ4v) is 1.64. The summed E-state index contributed by atoms with van der Waals surface area (Å²) in [6.07, 6.45) is 0.994. The third-order valence-corrected chi connectivity index (χ3v) is 2.92. The van der Waals surface area contributed by atoms with Crippen molar-refractivity contribution in [1.29, 1.82) is 5.26 Å². The van der Waals surface area contributed by atoms with Crippen molar-refractivity contribution in [2.75, 3.05) is 0 Å². The molecule has 0 heterocycles. The lowest BCUT2D eigenvalue weighted by atomic mass is 9.76. The molecule has 0 spiro atoms. The molecule has 0 aliphatic carbocycles. The van der Waals surface area contributed by atoms with Gasteiger partial charge in [-0.3, -0.25) is 4.79 Å². The van der Waals surface area contributed by atoms with Crippen molar-refractivity contribution in [2.24, 2.45) is 0 Å². The number of ketones is 1. The summed E-state index contributed by atoms with van der Waals surface area (Å²) < 4.78 is 0. The maximum absolute atomic E-state index is 11.7. The van der Waals surface area contributed by atoms with Gasteiger partial charge in [-0.05, 0) is 25.8 Å². The Morgan fingerprint density at radius 1 is 1.40 bits per heavy atom. The van der Waals surface area contributed by atoms with Crippen LogP contribution in [0.5, 0.6) is 0 Å². The van der Waals surface area contributed by atoms with Crippen LogP contribution in [-0.2, 0) is 10.2 Å². The van der Waals surface area contributed by atoms with Gasteiger partial charge in [-0.1, -0.05) is 30.3 Å². The zero-order chi connectivity index (χ0) is 11.3. The molecule has 0 fully saturated rings. The number of nitrogens with zero attached hydrogens (tertiary/aromatic N) is 1. The Morgan fingerprint density at radius 3 is 2.47 bits per heavy atom. The number of hydrogen-bond donors (Lipinski definition) is 0. The third kappa shape index (κ3) is 2.44. The maximum atomic E-state index is 11.7. The Labute approximate surface area is 90.5 Å². The van der Waals surface area contributed by atoms with E-state index in [-0.39, 0.29) is 5.78 Å². The zero-order valence-electron chi connectivity index (χ0n) is 9.16.